The molecule has 0 fully saturated rings. The summed E-state index contributed by atoms with van der Waals surface area (Å²) < 4.78 is 10.7. The summed E-state index contributed by atoms with van der Waals surface area (Å²) in [6.45, 7) is 0. The quantitative estimate of drug-likeness (QED) is 0.173. The van der Waals surface area contributed by atoms with Gasteiger partial charge in [0, 0.05) is 49.8 Å². The second-order valence-corrected chi connectivity index (χ2v) is 9.41. The van der Waals surface area contributed by atoms with E-state index in [4.69, 9.17) is 4.74 Å². The fraction of sp³-hybridized carbons (Fsp3) is 0. The molecule has 40 heavy (non-hydrogen) atoms. The van der Waals surface area contributed by atoms with Gasteiger partial charge in [0.05, 0.1) is 0 Å². The second kappa shape index (κ2) is 9.82. The summed E-state index contributed by atoms with van der Waals surface area (Å²) in [6.07, 6.45) is 1.81. The van der Waals surface area contributed by atoms with Crippen LogP contribution >= 0.6 is 0 Å². The zero-order valence-corrected chi connectivity index (χ0v) is 23.4. The van der Waals surface area contributed by atoms with Crippen molar-refractivity contribution in [3.8, 4) is 23.0 Å². The van der Waals surface area contributed by atoms with Crippen LogP contribution in [0.4, 0.5) is 0 Å². The van der Waals surface area contributed by atoms with Gasteiger partial charge in [0.1, 0.15) is 5.82 Å². The first kappa shape index (κ1) is 24.4. The monoisotopic (exact) mass is 693 g/mol. The molecule has 8 aromatic rings. The number of rotatable bonds is 4. The molecule has 0 atom stereocenters. The number of pyridine rings is 1. The maximum atomic E-state index is 6.40. The van der Waals surface area contributed by atoms with Crippen LogP contribution in [0.3, 0.4) is 0 Å². The molecule has 0 radical (unpaired) electrons. The third-order valence-electron chi connectivity index (χ3n) is 7.15. The molecule has 4 nitrogen and oxygen atoms in total. The molecule has 5 heteroatoms. The van der Waals surface area contributed by atoms with Gasteiger partial charge >= 0.3 is 0 Å². The van der Waals surface area contributed by atoms with E-state index in [1.54, 1.807) is 0 Å². The molecule has 0 aliphatic rings. The fourth-order valence-corrected chi connectivity index (χ4v) is 5.48. The minimum Gasteiger partial charge on any atom is -0.509 e. The van der Waals surface area contributed by atoms with Crippen LogP contribution in [0.5, 0.6) is 11.5 Å². The zero-order chi connectivity index (χ0) is 25.8. The third-order valence-corrected chi connectivity index (χ3v) is 7.15. The molecule has 194 valence electrons. The number of fused-ring (bicyclic) bond motifs is 6. The molecule has 3 heterocycles. The number of benzene rings is 5. The van der Waals surface area contributed by atoms with Crippen LogP contribution in [0, 0.1) is 18.2 Å². The van der Waals surface area contributed by atoms with Crippen molar-refractivity contribution in [3.05, 3.63) is 140 Å². The van der Waals surface area contributed by atoms with Crippen LogP contribution in [-0.2, 0) is 21.1 Å². The van der Waals surface area contributed by atoms with Crippen LogP contribution in [0.2, 0.25) is 0 Å². The summed E-state index contributed by atoms with van der Waals surface area (Å²) in [6, 6.07) is 49.2. The van der Waals surface area contributed by atoms with Gasteiger partial charge in [-0.25, -0.2) is 4.98 Å². The summed E-state index contributed by atoms with van der Waals surface area (Å²) in [5.74, 6) is 2.08. The number of hydrogen-bond donors (Lipinski definition) is 0. The van der Waals surface area contributed by atoms with E-state index >= 15 is 0 Å². The molecule has 0 amide bonds. The smallest absolute Gasteiger partial charge is 0.135 e. The molecular weight excluding hydrogens is 673 g/mol. The van der Waals surface area contributed by atoms with Crippen LogP contribution in [0.25, 0.3) is 55.1 Å². The van der Waals surface area contributed by atoms with E-state index < -0.39 is 0 Å². The Morgan fingerprint density at radius 2 is 1.15 bits per heavy atom. The van der Waals surface area contributed by atoms with Gasteiger partial charge in [-0.2, -0.15) is 36.4 Å². The molecule has 0 N–H and O–H groups in total. The molecule has 0 unspecified atom stereocenters. The Balaban J connectivity index is 0.00000264. The summed E-state index contributed by atoms with van der Waals surface area (Å²) in [7, 11) is 0. The fourth-order valence-electron chi connectivity index (χ4n) is 5.48. The van der Waals surface area contributed by atoms with Crippen molar-refractivity contribution in [2.24, 2.45) is 0 Å². The normalized spacial score (nSPS) is 11.3. The Bertz CT molecular complexity index is 1990. The van der Waals surface area contributed by atoms with Crippen molar-refractivity contribution in [2.75, 3.05) is 0 Å². The molecule has 0 saturated carbocycles. The van der Waals surface area contributed by atoms with Gasteiger partial charge in [0.25, 0.3) is 0 Å². The van der Waals surface area contributed by atoms with E-state index in [0.29, 0.717) is 11.5 Å². The maximum absolute atomic E-state index is 6.40. The average molecular weight is 694 g/mol. The standard InChI is InChI=1S/C35H20N3O.Pt/c1-2-10-24(11-3-1)37-31-14-6-4-12-27(31)29-19-17-25(22-33(29)37)39-26-18-20-30-28-13-5-7-15-32(28)38(34(30)23-26)35-16-8-9-21-36-35;/h1-10,12-21H;/q-3;. The first-order valence-electron chi connectivity index (χ1n) is 12.8. The number of ether oxygens (including phenoxy) is 1. The summed E-state index contributed by atoms with van der Waals surface area (Å²) in [5.41, 5.74) is 5.01. The zero-order valence-electron chi connectivity index (χ0n) is 21.1. The maximum Gasteiger partial charge on any atom is 0.135 e. The Morgan fingerprint density at radius 1 is 0.550 bits per heavy atom. The van der Waals surface area contributed by atoms with Gasteiger partial charge in [0.2, 0.25) is 0 Å². The minimum atomic E-state index is 0. The van der Waals surface area contributed by atoms with Crippen molar-refractivity contribution in [3.63, 3.8) is 0 Å². The first-order valence-corrected chi connectivity index (χ1v) is 12.8. The van der Waals surface area contributed by atoms with Crippen LogP contribution in [-0.4, -0.2) is 14.1 Å². The Labute approximate surface area is 245 Å². The topological polar surface area (TPSA) is 32.0 Å². The largest absolute Gasteiger partial charge is 0.509 e. The molecule has 3 aromatic heterocycles. The molecule has 0 spiro atoms. The van der Waals surface area contributed by atoms with Gasteiger partial charge in [-0.1, -0.05) is 59.2 Å². The summed E-state index contributed by atoms with van der Waals surface area (Å²) in [4.78, 5) is 4.62. The molecular formula is C35H20N3OPt-3. The molecule has 8 rings (SSSR count). The summed E-state index contributed by atoms with van der Waals surface area (Å²) in [5, 5.41) is 4.53. The van der Waals surface area contributed by atoms with E-state index in [1.807, 2.05) is 60.8 Å². The number of nitrogens with zero attached hydrogens (tertiary/aromatic N) is 3. The predicted octanol–water partition coefficient (Wildman–Crippen LogP) is 8.47. The van der Waals surface area contributed by atoms with E-state index in [9.17, 15) is 0 Å². The molecule has 0 aliphatic heterocycles. The van der Waals surface area contributed by atoms with Gasteiger partial charge in [-0.3, -0.25) is 0 Å². The SMILES string of the molecule is [Pt].[c-]1ccccc1-n1c2[c-]c(Oc3[c-]c4c(cc3)c3ccccc3n4-c3ccccn3)ccc2c2ccccc21. The van der Waals surface area contributed by atoms with Crippen molar-refractivity contribution in [2.45, 2.75) is 0 Å². The Kier molecular flexibility index (Phi) is 5.99. The van der Waals surface area contributed by atoms with Gasteiger partial charge in [0.15, 0.2) is 0 Å². The van der Waals surface area contributed by atoms with Crippen LogP contribution in [0.15, 0.2) is 121 Å². The van der Waals surface area contributed by atoms with Gasteiger partial charge < -0.3 is 13.9 Å². The minimum absolute atomic E-state index is 0. The van der Waals surface area contributed by atoms with Crippen LogP contribution < -0.4 is 4.74 Å². The van der Waals surface area contributed by atoms with Crippen LogP contribution in [0.1, 0.15) is 0 Å². The second-order valence-electron chi connectivity index (χ2n) is 9.41. The van der Waals surface area contributed by atoms with E-state index in [2.05, 4.69) is 93.0 Å². The van der Waals surface area contributed by atoms with Crippen molar-refractivity contribution in [1.82, 2.24) is 14.1 Å². The molecule has 5 aromatic carbocycles. The predicted molar refractivity (Wildman–Crippen MR) is 156 cm³/mol. The molecule has 0 aliphatic carbocycles. The van der Waals surface area contributed by atoms with E-state index in [1.165, 1.54) is 5.39 Å². The van der Waals surface area contributed by atoms with E-state index in [0.717, 1.165) is 49.7 Å². The van der Waals surface area contributed by atoms with E-state index in [-0.39, 0.29) is 21.1 Å². The van der Waals surface area contributed by atoms with Gasteiger partial charge in [-0.05, 0) is 35.0 Å². The van der Waals surface area contributed by atoms with Crippen molar-refractivity contribution in [1.29, 1.82) is 0 Å². The number of aromatic nitrogens is 3. The summed E-state index contributed by atoms with van der Waals surface area (Å²) >= 11 is 0. The number of para-hydroxylation sites is 3. The van der Waals surface area contributed by atoms with Crippen molar-refractivity contribution >= 4 is 43.6 Å². The Hall–Kier alpha value is -4.66. The molecule has 0 saturated heterocycles. The first-order chi connectivity index (χ1) is 19.3. The Morgan fingerprint density at radius 3 is 1.77 bits per heavy atom. The molecule has 0 bridgehead atoms. The van der Waals surface area contributed by atoms with Gasteiger partial charge in [-0.15, -0.1) is 41.1 Å². The average Bonchev–Trinajstić information content (AvgIpc) is 3.50. The van der Waals surface area contributed by atoms with Crippen molar-refractivity contribution < 1.29 is 25.8 Å². The third kappa shape index (κ3) is 3.84. The number of hydrogen-bond acceptors (Lipinski definition) is 2.